The summed E-state index contributed by atoms with van der Waals surface area (Å²) in [6.45, 7) is 1.56. The van der Waals surface area contributed by atoms with Crippen LogP contribution in [-0.2, 0) is 4.79 Å². The number of rotatable bonds is 6. The van der Waals surface area contributed by atoms with E-state index in [1.165, 1.54) is 6.07 Å². The molecule has 18 heavy (non-hydrogen) atoms. The molecule has 3 N–H and O–H groups in total. The number of hydrogen-bond donors (Lipinski definition) is 3. The number of hydrogen-bond acceptors (Lipinski definition) is 4. The van der Waals surface area contributed by atoms with Gasteiger partial charge < -0.3 is 20.2 Å². The van der Waals surface area contributed by atoms with E-state index in [-0.39, 0.29) is 30.9 Å². The number of carbonyl (C=O) groups is 2. The second-order valence-corrected chi connectivity index (χ2v) is 4.42. The maximum atomic E-state index is 11.5. The van der Waals surface area contributed by atoms with Gasteiger partial charge in [0.1, 0.15) is 0 Å². The van der Waals surface area contributed by atoms with Crippen LogP contribution >= 0.6 is 15.9 Å². The standard InChI is InChI=1S/C11H15BrN2O4/c1-2-7(6-15)14-10(16)5-13-11(17)8-3-4-9(12)18-8/h3-4,7,15H,2,5-6H2,1H3,(H,13,17)(H,14,16)/t7-/m1/s1. The van der Waals surface area contributed by atoms with Crippen LogP contribution in [-0.4, -0.2) is 36.1 Å². The summed E-state index contributed by atoms with van der Waals surface area (Å²) in [4.78, 5) is 23.0. The number of carbonyl (C=O) groups excluding carboxylic acids is 2. The van der Waals surface area contributed by atoms with Crippen molar-refractivity contribution in [2.75, 3.05) is 13.2 Å². The summed E-state index contributed by atoms with van der Waals surface area (Å²) in [7, 11) is 0. The van der Waals surface area contributed by atoms with Crippen LogP contribution in [0.15, 0.2) is 21.2 Å². The van der Waals surface area contributed by atoms with Crippen molar-refractivity contribution in [1.82, 2.24) is 10.6 Å². The quantitative estimate of drug-likeness (QED) is 0.718. The van der Waals surface area contributed by atoms with Gasteiger partial charge in [0.05, 0.1) is 19.2 Å². The minimum Gasteiger partial charge on any atom is -0.444 e. The number of aliphatic hydroxyl groups excluding tert-OH is 1. The van der Waals surface area contributed by atoms with Crippen LogP contribution in [0.25, 0.3) is 0 Å². The summed E-state index contributed by atoms with van der Waals surface area (Å²) < 4.78 is 5.48. The van der Waals surface area contributed by atoms with E-state index in [4.69, 9.17) is 9.52 Å². The van der Waals surface area contributed by atoms with Crippen LogP contribution in [0.2, 0.25) is 0 Å². The summed E-state index contributed by atoms with van der Waals surface area (Å²) in [5.41, 5.74) is 0. The van der Waals surface area contributed by atoms with Crippen molar-refractivity contribution >= 4 is 27.7 Å². The third-order valence-electron chi connectivity index (χ3n) is 2.28. The lowest BCUT2D eigenvalue weighted by molar-refractivity contribution is -0.121. The first-order valence-electron chi connectivity index (χ1n) is 5.50. The Morgan fingerprint density at radius 3 is 2.72 bits per heavy atom. The molecule has 7 heteroatoms. The van der Waals surface area contributed by atoms with Crippen LogP contribution in [0.1, 0.15) is 23.9 Å². The normalized spacial score (nSPS) is 11.9. The van der Waals surface area contributed by atoms with Crippen LogP contribution in [0.4, 0.5) is 0 Å². The Hall–Kier alpha value is -1.34. The van der Waals surface area contributed by atoms with E-state index in [0.29, 0.717) is 11.1 Å². The maximum absolute atomic E-state index is 11.5. The second-order valence-electron chi connectivity index (χ2n) is 3.64. The smallest absolute Gasteiger partial charge is 0.287 e. The molecule has 1 aromatic heterocycles. The average Bonchev–Trinajstić information content (AvgIpc) is 2.79. The fraction of sp³-hybridized carbons (Fsp3) is 0.455. The van der Waals surface area contributed by atoms with E-state index in [2.05, 4.69) is 26.6 Å². The van der Waals surface area contributed by atoms with E-state index in [1.54, 1.807) is 6.07 Å². The molecule has 0 aromatic carbocycles. The molecule has 0 spiro atoms. The summed E-state index contributed by atoms with van der Waals surface area (Å²) in [6, 6.07) is 2.81. The van der Waals surface area contributed by atoms with Crippen LogP contribution in [0, 0.1) is 0 Å². The van der Waals surface area contributed by atoms with E-state index in [1.807, 2.05) is 6.92 Å². The molecule has 6 nitrogen and oxygen atoms in total. The second kappa shape index (κ2) is 7.17. The molecule has 100 valence electrons. The van der Waals surface area contributed by atoms with E-state index in [9.17, 15) is 9.59 Å². The van der Waals surface area contributed by atoms with Gasteiger partial charge in [-0.1, -0.05) is 6.92 Å². The van der Waals surface area contributed by atoms with Crippen molar-refractivity contribution in [3.05, 3.63) is 22.6 Å². The van der Waals surface area contributed by atoms with Gasteiger partial charge in [-0.25, -0.2) is 0 Å². The van der Waals surface area contributed by atoms with Gasteiger partial charge in [0.15, 0.2) is 10.4 Å². The van der Waals surface area contributed by atoms with Crippen LogP contribution < -0.4 is 10.6 Å². The third-order valence-corrected chi connectivity index (χ3v) is 2.71. The molecule has 0 saturated carbocycles. The first-order chi connectivity index (χ1) is 8.56. The van der Waals surface area contributed by atoms with Gasteiger partial charge in [-0.15, -0.1) is 0 Å². The van der Waals surface area contributed by atoms with Gasteiger partial charge in [-0.3, -0.25) is 9.59 Å². The Morgan fingerprint density at radius 2 is 2.22 bits per heavy atom. The zero-order valence-electron chi connectivity index (χ0n) is 9.90. The van der Waals surface area contributed by atoms with Gasteiger partial charge >= 0.3 is 0 Å². The average molecular weight is 319 g/mol. The summed E-state index contributed by atoms with van der Waals surface area (Å²) in [6.07, 6.45) is 0.626. The zero-order valence-corrected chi connectivity index (χ0v) is 11.5. The topological polar surface area (TPSA) is 91.6 Å². The highest BCUT2D eigenvalue weighted by Crippen LogP contribution is 2.13. The molecule has 0 aliphatic carbocycles. The first-order valence-corrected chi connectivity index (χ1v) is 6.29. The van der Waals surface area contributed by atoms with E-state index < -0.39 is 5.91 Å². The lowest BCUT2D eigenvalue weighted by Gasteiger charge is -2.13. The highest BCUT2D eigenvalue weighted by atomic mass is 79.9. The minimum absolute atomic E-state index is 0.124. The molecule has 0 fully saturated rings. The molecule has 0 radical (unpaired) electrons. The third kappa shape index (κ3) is 4.50. The number of aliphatic hydroxyl groups is 1. The van der Waals surface area contributed by atoms with Crippen LogP contribution in [0.5, 0.6) is 0 Å². The van der Waals surface area contributed by atoms with Crippen molar-refractivity contribution in [3.8, 4) is 0 Å². The fourth-order valence-electron chi connectivity index (χ4n) is 1.24. The minimum atomic E-state index is -0.465. The predicted molar refractivity (Wildman–Crippen MR) is 68.0 cm³/mol. The Kier molecular flexibility index (Phi) is 5.87. The molecule has 0 unspecified atom stereocenters. The number of furan rings is 1. The predicted octanol–water partition coefficient (Wildman–Crippen LogP) is 0.659. The molecule has 0 bridgehead atoms. The monoisotopic (exact) mass is 318 g/mol. The molecular formula is C11H15BrN2O4. The Bertz CT molecular complexity index is 415. The Balaban J connectivity index is 2.36. The number of halogens is 1. The molecule has 2 amide bonds. The fourth-order valence-corrected chi connectivity index (χ4v) is 1.55. The van der Waals surface area contributed by atoms with Crippen molar-refractivity contribution in [3.63, 3.8) is 0 Å². The van der Waals surface area contributed by atoms with E-state index in [0.717, 1.165) is 0 Å². The van der Waals surface area contributed by atoms with Crippen molar-refractivity contribution in [2.45, 2.75) is 19.4 Å². The molecular weight excluding hydrogens is 304 g/mol. The molecule has 1 rings (SSSR count). The maximum Gasteiger partial charge on any atom is 0.287 e. The largest absolute Gasteiger partial charge is 0.444 e. The van der Waals surface area contributed by atoms with Gasteiger partial charge in [0, 0.05) is 0 Å². The highest BCUT2D eigenvalue weighted by Gasteiger charge is 2.13. The highest BCUT2D eigenvalue weighted by molar-refractivity contribution is 9.10. The van der Waals surface area contributed by atoms with Gasteiger partial charge in [-0.2, -0.15) is 0 Å². The van der Waals surface area contributed by atoms with Crippen molar-refractivity contribution in [1.29, 1.82) is 0 Å². The number of nitrogens with one attached hydrogen (secondary N) is 2. The Labute approximate surface area is 113 Å². The zero-order chi connectivity index (χ0) is 13.5. The molecule has 1 heterocycles. The molecule has 0 aliphatic rings. The molecule has 1 aromatic rings. The van der Waals surface area contributed by atoms with Gasteiger partial charge in [-0.05, 0) is 34.5 Å². The Morgan fingerprint density at radius 1 is 1.50 bits per heavy atom. The number of amides is 2. The van der Waals surface area contributed by atoms with Crippen molar-refractivity contribution in [2.24, 2.45) is 0 Å². The lowest BCUT2D eigenvalue weighted by Crippen LogP contribution is -2.43. The first kappa shape index (κ1) is 14.7. The summed E-state index contributed by atoms with van der Waals surface area (Å²) in [5.74, 6) is -0.688. The lowest BCUT2D eigenvalue weighted by atomic mass is 10.2. The molecule has 0 saturated heterocycles. The molecule has 1 atom stereocenters. The van der Waals surface area contributed by atoms with Gasteiger partial charge in [0.25, 0.3) is 5.91 Å². The van der Waals surface area contributed by atoms with Crippen molar-refractivity contribution < 1.29 is 19.1 Å². The van der Waals surface area contributed by atoms with Gasteiger partial charge in [0.2, 0.25) is 5.91 Å². The summed E-state index contributed by atoms with van der Waals surface area (Å²) >= 11 is 3.08. The van der Waals surface area contributed by atoms with Crippen LogP contribution in [0.3, 0.4) is 0 Å². The SMILES string of the molecule is CC[C@H](CO)NC(=O)CNC(=O)c1ccc(Br)o1. The summed E-state index contributed by atoms with van der Waals surface area (Å²) in [5, 5.41) is 13.9. The molecule has 0 aliphatic heterocycles. The van der Waals surface area contributed by atoms with E-state index >= 15 is 0 Å².